The minimum atomic E-state index is 0.00559. The van der Waals surface area contributed by atoms with Crippen molar-refractivity contribution in [2.45, 2.75) is 6.54 Å². The van der Waals surface area contributed by atoms with Crippen molar-refractivity contribution in [2.24, 2.45) is 0 Å². The van der Waals surface area contributed by atoms with E-state index in [9.17, 15) is 4.79 Å². The molecule has 0 radical (unpaired) electrons. The number of nitrogens with zero attached hydrogens (tertiary/aromatic N) is 1. The van der Waals surface area contributed by atoms with E-state index in [1.165, 1.54) is 11.3 Å². The normalized spacial score (nSPS) is 10.5. The second kappa shape index (κ2) is 4.39. The standard InChI is InChI=1S/C10H7Cl2NOS/c11-8-3-1-2-7(9(8)12)6-13-4-5-15-10(13)14/h1-5H,6H2. The summed E-state index contributed by atoms with van der Waals surface area (Å²) in [5, 5.41) is 2.77. The highest BCUT2D eigenvalue weighted by molar-refractivity contribution is 7.07. The summed E-state index contributed by atoms with van der Waals surface area (Å²) in [5.74, 6) is 0. The third-order valence-electron chi connectivity index (χ3n) is 2.02. The van der Waals surface area contributed by atoms with Crippen LogP contribution in [0.2, 0.25) is 10.0 Å². The summed E-state index contributed by atoms with van der Waals surface area (Å²) in [6, 6.07) is 5.41. The number of hydrogen-bond acceptors (Lipinski definition) is 2. The monoisotopic (exact) mass is 259 g/mol. The van der Waals surface area contributed by atoms with Gasteiger partial charge in [0.2, 0.25) is 0 Å². The molecule has 0 aliphatic heterocycles. The van der Waals surface area contributed by atoms with Gasteiger partial charge in [-0.2, -0.15) is 0 Å². The molecule has 0 aliphatic rings. The molecule has 2 aromatic rings. The maximum atomic E-state index is 11.3. The number of benzene rings is 1. The van der Waals surface area contributed by atoms with E-state index in [0.717, 1.165) is 5.56 Å². The molecule has 15 heavy (non-hydrogen) atoms. The maximum absolute atomic E-state index is 11.3. The first-order valence-corrected chi connectivity index (χ1v) is 5.89. The van der Waals surface area contributed by atoms with Gasteiger partial charge in [0, 0.05) is 11.6 Å². The van der Waals surface area contributed by atoms with Crippen LogP contribution in [0.4, 0.5) is 0 Å². The van der Waals surface area contributed by atoms with Crippen LogP contribution in [0, 0.1) is 0 Å². The number of aromatic nitrogens is 1. The average Bonchev–Trinajstić information content (AvgIpc) is 2.60. The Balaban J connectivity index is 2.37. The van der Waals surface area contributed by atoms with Crippen molar-refractivity contribution >= 4 is 34.5 Å². The molecule has 1 heterocycles. The van der Waals surface area contributed by atoms with Gasteiger partial charge in [0.15, 0.2) is 0 Å². The van der Waals surface area contributed by atoms with Gasteiger partial charge in [0.1, 0.15) is 0 Å². The molecule has 0 saturated carbocycles. The molecule has 1 aromatic heterocycles. The highest BCUT2D eigenvalue weighted by Gasteiger charge is 2.05. The van der Waals surface area contributed by atoms with Gasteiger partial charge >= 0.3 is 4.87 Å². The number of thiazole rings is 1. The van der Waals surface area contributed by atoms with Crippen LogP contribution < -0.4 is 4.87 Å². The van der Waals surface area contributed by atoms with Crippen molar-refractivity contribution < 1.29 is 0 Å². The smallest absolute Gasteiger partial charge is 0.301 e. The van der Waals surface area contributed by atoms with Crippen molar-refractivity contribution in [1.82, 2.24) is 4.57 Å². The summed E-state index contributed by atoms with van der Waals surface area (Å²) in [6.07, 6.45) is 1.74. The van der Waals surface area contributed by atoms with E-state index >= 15 is 0 Å². The largest absolute Gasteiger partial charge is 0.307 e. The van der Waals surface area contributed by atoms with E-state index in [2.05, 4.69) is 0 Å². The zero-order chi connectivity index (χ0) is 10.8. The minimum Gasteiger partial charge on any atom is -0.301 e. The van der Waals surface area contributed by atoms with Crippen molar-refractivity contribution in [3.05, 3.63) is 55.1 Å². The Morgan fingerprint density at radius 3 is 2.80 bits per heavy atom. The molecule has 0 fully saturated rings. The summed E-state index contributed by atoms with van der Waals surface area (Å²) in [4.78, 5) is 11.3. The van der Waals surface area contributed by atoms with Crippen molar-refractivity contribution in [2.75, 3.05) is 0 Å². The highest BCUT2D eigenvalue weighted by Crippen LogP contribution is 2.25. The molecule has 0 bridgehead atoms. The quantitative estimate of drug-likeness (QED) is 0.812. The van der Waals surface area contributed by atoms with Crippen LogP contribution in [0.25, 0.3) is 0 Å². The van der Waals surface area contributed by atoms with Gasteiger partial charge in [0.05, 0.1) is 16.6 Å². The molecule has 0 N–H and O–H groups in total. The van der Waals surface area contributed by atoms with Gasteiger partial charge in [-0.25, -0.2) is 0 Å². The zero-order valence-electron chi connectivity index (χ0n) is 7.61. The predicted molar refractivity (Wildman–Crippen MR) is 64.1 cm³/mol. The van der Waals surface area contributed by atoms with E-state index < -0.39 is 0 Å². The summed E-state index contributed by atoms with van der Waals surface area (Å²) in [6.45, 7) is 0.460. The van der Waals surface area contributed by atoms with Gasteiger partial charge in [-0.3, -0.25) is 4.79 Å². The van der Waals surface area contributed by atoms with Gasteiger partial charge in [-0.05, 0) is 11.6 Å². The van der Waals surface area contributed by atoms with Crippen molar-refractivity contribution in [3.8, 4) is 0 Å². The zero-order valence-corrected chi connectivity index (χ0v) is 9.94. The summed E-state index contributed by atoms with van der Waals surface area (Å²) >= 11 is 13.1. The Morgan fingerprint density at radius 1 is 1.33 bits per heavy atom. The molecule has 0 unspecified atom stereocenters. The van der Waals surface area contributed by atoms with Crippen molar-refractivity contribution in [1.29, 1.82) is 0 Å². The lowest BCUT2D eigenvalue weighted by atomic mass is 10.2. The highest BCUT2D eigenvalue weighted by atomic mass is 35.5. The third kappa shape index (κ3) is 2.25. The summed E-state index contributed by atoms with van der Waals surface area (Å²) in [5.41, 5.74) is 0.852. The Kier molecular flexibility index (Phi) is 3.14. The van der Waals surface area contributed by atoms with Crippen LogP contribution in [0.5, 0.6) is 0 Å². The van der Waals surface area contributed by atoms with Gasteiger partial charge in [0.25, 0.3) is 0 Å². The molecule has 1 aromatic carbocycles. The van der Waals surface area contributed by atoms with E-state index in [-0.39, 0.29) is 4.87 Å². The molecule has 78 valence electrons. The van der Waals surface area contributed by atoms with E-state index in [4.69, 9.17) is 23.2 Å². The lowest BCUT2D eigenvalue weighted by Crippen LogP contribution is -2.12. The Morgan fingerprint density at radius 2 is 2.13 bits per heavy atom. The van der Waals surface area contributed by atoms with Crippen LogP contribution in [0.3, 0.4) is 0 Å². The number of hydrogen-bond donors (Lipinski definition) is 0. The molecule has 5 heteroatoms. The lowest BCUT2D eigenvalue weighted by molar-refractivity contribution is 0.784. The first kappa shape index (κ1) is 10.7. The molecule has 0 saturated heterocycles. The predicted octanol–water partition coefficient (Wildman–Crippen LogP) is 3.26. The van der Waals surface area contributed by atoms with E-state index in [0.29, 0.717) is 16.6 Å². The fraction of sp³-hybridized carbons (Fsp3) is 0.100. The minimum absolute atomic E-state index is 0.00559. The first-order chi connectivity index (χ1) is 7.18. The summed E-state index contributed by atoms with van der Waals surface area (Å²) in [7, 11) is 0. The van der Waals surface area contributed by atoms with Crippen LogP contribution in [0.15, 0.2) is 34.6 Å². The molecule has 2 rings (SSSR count). The molecule has 2 nitrogen and oxygen atoms in total. The molecule has 0 atom stereocenters. The molecular formula is C10H7Cl2NOS. The number of rotatable bonds is 2. The Bertz CT molecular complexity index is 532. The summed E-state index contributed by atoms with van der Waals surface area (Å²) < 4.78 is 1.60. The van der Waals surface area contributed by atoms with Gasteiger partial charge in [-0.15, -0.1) is 0 Å². The van der Waals surface area contributed by atoms with Crippen LogP contribution in [-0.4, -0.2) is 4.57 Å². The van der Waals surface area contributed by atoms with Crippen LogP contribution >= 0.6 is 34.5 Å². The third-order valence-corrected chi connectivity index (χ3v) is 3.57. The Labute approximate surface area is 101 Å². The second-order valence-corrected chi connectivity index (χ2v) is 4.65. The van der Waals surface area contributed by atoms with Crippen molar-refractivity contribution in [3.63, 3.8) is 0 Å². The Hall–Kier alpha value is -0.770. The number of halogens is 2. The maximum Gasteiger partial charge on any atom is 0.307 e. The van der Waals surface area contributed by atoms with Crippen LogP contribution in [-0.2, 0) is 6.54 Å². The first-order valence-electron chi connectivity index (χ1n) is 4.25. The second-order valence-electron chi connectivity index (χ2n) is 3.01. The van der Waals surface area contributed by atoms with Gasteiger partial charge in [-0.1, -0.05) is 46.7 Å². The molecular weight excluding hydrogens is 253 g/mol. The fourth-order valence-corrected chi connectivity index (χ4v) is 2.23. The molecule has 0 spiro atoms. The van der Waals surface area contributed by atoms with Crippen LogP contribution in [0.1, 0.15) is 5.56 Å². The topological polar surface area (TPSA) is 22.0 Å². The lowest BCUT2D eigenvalue weighted by Gasteiger charge is -2.05. The molecule has 0 aliphatic carbocycles. The van der Waals surface area contributed by atoms with E-state index in [1.54, 1.807) is 22.2 Å². The fourth-order valence-electron chi connectivity index (χ4n) is 1.26. The molecule has 0 amide bonds. The van der Waals surface area contributed by atoms with Gasteiger partial charge < -0.3 is 4.57 Å². The average molecular weight is 260 g/mol. The van der Waals surface area contributed by atoms with E-state index in [1.807, 2.05) is 12.1 Å². The SMILES string of the molecule is O=c1sccn1Cc1cccc(Cl)c1Cl.